The zero-order valence-electron chi connectivity index (χ0n) is 11.8. The van der Waals surface area contributed by atoms with Gasteiger partial charge in [-0.25, -0.2) is 14.8 Å². The predicted molar refractivity (Wildman–Crippen MR) is 79.7 cm³/mol. The molecule has 2 N–H and O–H groups in total. The highest BCUT2D eigenvalue weighted by atomic mass is 16.6. The Labute approximate surface area is 125 Å². The number of rotatable bonds is 5. The van der Waals surface area contributed by atoms with Gasteiger partial charge in [-0.05, 0) is 24.3 Å². The number of nitro groups is 1. The summed E-state index contributed by atoms with van der Waals surface area (Å²) in [4.78, 5) is 30.8. The van der Waals surface area contributed by atoms with Gasteiger partial charge in [-0.1, -0.05) is 0 Å². The molecular weight excluding hydrogens is 290 g/mol. The summed E-state index contributed by atoms with van der Waals surface area (Å²) in [7, 11) is 3.28. The molecule has 0 radical (unpaired) electrons. The highest BCUT2D eigenvalue weighted by Gasteiger charge is 2.24. The zero-order chi connectivity index (χ0) is 16.3. The lowest BCUT2D eigenvalue weighted by atomic mass is 10.2. The predicted octanol–water partition coefficient (Wildman–Crippen LogP) is 1.89. The van der Waals surface area contributed by atoms with E-state index in [9.17, 15) is 14.9 Å². The zero-order valence-corrected chi connectivity index (χ0v) is 11.8. The number of anilines is 3. The van der Waals surface area contributed by atoms with Crippen LogP contribution in [0.25, 0.3) is 0 Å². The van der Waals surface area contributed by atoms with Gasteiger partial charge in [0.05, 0.1) is 10.5 Å². The number of carboxylic acid groups (broad SMARTS) is 1. The second-order valence-electron chi connectivity index (χ2n) is 4.55. The van der Waals surface area contributed by atoms with Gasteiger partial charge in [0, 0.05) is 19.8 Å². The summed E-state index contributed by atoms with van der Waals surface area (Å²) in [5.74, 6) is -0.842. The second-order valence-corrected chi connectivity index (χ2v) is 4.55. The molecule has 1 aromatic carbocycles. The van der Waals surface area contributed by atoms with E-state index in [0.29, 0.717) is 5.69 Å². The average molecular weight is 303 g/mol. The Morgan fingerprint density at radius 3 is 2.41 bits per heavy atom. The molecule has 2 aromatic rings. The molecule has 0 aliphatic heterocycles. The first kappa shape index (κ1) is 15.2. The first-order chi connectivity index (χ1) is 10.4. The fourth-order valence-corrected chi connectivity index (χ4v) is 1.79. The number of aromatic carboxylic acids is 1. The number of hydrogen-bond acceptors (Lipinski definition) is 7. The quantitative estimate of drug-likeness (QED) is 0.634. The largest absolute Gasteiger partial charge is 0.478 e. The van der Waals surface area contributed by atoms with Crippen molar-refractivity contribution >= 4 is 29.0 Å². The van der Waals surface area contributed by atoms with Crippen molar-refractivity contribution in [1.29, 1.82) is 0 Å². The van der Waals surface area contributed by atoms with Crippen molar-refractivity contribution < 1.29 is 14.8 Å². The van der Waals surface area contributed by atoms with Gasteiger partial charge in [-0.2, -0.15) is 0 Å². The Kier molecular flexibility index (Phi) is 4.16. The maximum absolute atomic E-state index is 11.3. The van der Waals surface area contributed by atoms with Crippen molar-refractivity contribution in [2.75, 3.05) is 24.3 Å². The fraction of sp³-hybridized carbons (Fsp3) is 0.154. The van der Waals surface area contributed by atoms with Crippen LogP contribution < -0.4 is 10.2 Å². The van der Waals surface area contributed by atoms with Crippen LogP contribution in [0.1, 0.15) is 10.4 Å². The molecule has 0 atom stereocenters. The summed E-state index contributed by atoms with van der Waals surface area (Å²) in [6.45, 7) is 0. The van der Waals surface area contributed by atoms with Crippen molar-refractivity contribution in [2.45, 2.75) is 0 Å². The summed E-state index contributed by atoms with van der Waals surface area (Å²) in [6.07, 6.45) is 1.22. The number of aromatic nitrogens is 2. The molecule has 0 bridgehead atoms. The van der Waals surface area contributed by atoms with Crippen molar-refractivity contribution in [3.63, 3.8) is 0 Å². The summed E-state index contributed by atoms with van der Waals surface area (Å²) < 4.78 is 0. The van der Waals surface area contributed by atoms with E-state index in [2.05, 4.69) is 15.3 Å². The standard InChI is InChI=1S/C13H13N5O4/c1-17(2)12-10(18(21)22)11(14-7-15-12)16-9-5-3-8(4-6-9)13(19)20/h3-7H,1-2H3,(H,19,20)(H,14,15,16). The Bertz CT molecular complexity index is 715. The smallest absolute Gasteiger partial charge is 0.353 e. The van der Waals surface area contributed by atoms with Crippen molar-refractivity contribution in [3.8, 4) is 0 Å². The van der Waals surface area contributed by atoms with Crippen LogP contribution in [-0.2, 0) is 0 Å². The molecule has 0 aliphatic rings. The van der Waals surface area contributed by atoms with Crippen molar-refractivity contribution in [3.05, 3.63) is 46.3 Å². The first-order valence-corrected chi connectivity index (χ1v) is 6.17. The molecule has 9 nitrogen and oxygen atoms in total. The van der Waals surface area contributed by atoms with Crippen LogP contribution in [0, 0.1) is 10.1 Å². The normalized spacial score (nSPS) is 10.1. The summed E-state index contributed by atoms with van der Waals surface area (Å²) >= 11 is 0. The van der Waals surface area contributed by atoms with Gasteiger partial charge in [0.2, 0.25) is 11.6 Å². The summed E-state index contributed by atoms with van der Waals surface area (Å²) in [6, 6.07) is 5.80. The van der Waals surface area contributed by atoms with Crippen LogP contribution in [0.15, 0.2) is 30.6 Å². The van der Waals surface area contributed by atoms with Crippen LogP contribution in [-0.4, -0.2) is 40.1 Å². The number of carboxylic acids is 1. The lowest BCUT2D eigenvalue weighted by molar-refractivity contribution is -0.383. The molecule has 0 saturated carbocycles. The highest BCUT2D eigenvalue weighted by molar-refractivity contribution is 5.88. The molecule has 0 aliphatic carbocycles. The molecule has 0 saturated heterocycles. The van der Waals surface area contributed by atoms with Crippen LogP contribution in [0.4, 0.5) is 23.0 Å². The van der Waals surface area contributed by atoms with Crippen LogP contribution in [0.5, 0.6) is 0 Å². The minimum atomic E-state index is -1.05. The summed E-state index contributed by atoms with van der Waals surface area (Å²) in [5.41, 5.74) is 0.350. The Balaban J connectivity index is 2.39. The maximum atomic E-state index is 11.3. The maximum Gasteiger partial charge on any atom is 0.353 e. The van der Waals surface area contributed by atoms with Crippen LogP contribution >= 0.6 is 0 Å². The van der Waals surface area contributed by atoms with Crippen LogP contribution in [0.2, 0.25) is 0 Å². The third-order valence-electron chi connectivity index (χ3n) is 2.80. The molecule has 9 heteroatoms. The Morgan fingerprint density at radius 1 is 1.27 bits per heavy atom. The molecule has 1 aromatic heterocycles. The fourth-order valence-electron chi connectivity index (χ4n) is 1.79. The molecular formula is C13H13N5O4. The second kappa shape index (κ2) is 6.04. The van der Waals surface area contributed by atoms with E-state index in [1.165, 1.54) is 35.5 Å². The number of nitrogens with one attached hydrogen (secondary N) is 1. The minimum absolute atomic E-state index is 0.0341. The van der Waals surface area contributed by atoms with E-state index in [4.69, 9.17) is 5.11 Å². The SMILES string of the molecule is CN(C)c1ncnc(Nc2ccc(C(=O)O)cc2)c1[N+](=O)[O-]. The van der Waals surface area contributed by atoms with Gasteiger partial charge < -0.3 is 15.3 Å². The monoisotopic (exact) mass is 303 g/mol. The van der Waals surface area contributed by atoms with Gasteiger partial charge in [0.25, 0.3) is 0 Å². The Hall–Kier alpha value is -3.23. The highest BCUT2D eigenvalue weighted by Crippen LogP contribution is 2.32. The number of benzene rings is 1. The number of nitrogens with zero attached hydrogens (tertiary/aromatic N) is 4. The van der Waals surface area contributed by atoms with Gasteiger partial charge in [-0.3, -0.25) is 10.1 Å². The molecule has 0 amide bonds. The van der Waals surface area contributed by atoms with Crippen LogP contribution in [0.3, 0.4) is 0 Å². The average Bonchev–Trinajstić information content (AvgIpc) is 2.47. The molecule has 0 spiro atoms. The van der Waals surface area contributed by atoms with Crippen molar-refractivity contribution in [2.24, 2.45) is 0 Å². The van der Waals surface area contributed by atoms with E-state index < -0.39 is 10.9 Å². The van der Waals surface area contributed by atoms with Gasteiger partial charge in [0.1, 0.15) is 6.33 Å². The lowest BCUT2D eigenvalue weighted by Gasteiger charge is -2.13. The first-order valence-electron chi connectivity index (χ1n) is 6.17. The summed E-state index contributed by atoms with van der Waals surface area (Å²) in [5, 5.41) is 22.9. The number of hydrogen-bond donors (Lipinski definition) is 2. The van der Waals surface area contributed by atoms with E-state index in [1.54, 1.807) is 14.1 Å². The number of carbonyl (C=O) groups is 1. The molecule has 1 heterocycles. The topological polar surface area (TPSA) is 121 Å². The van der Waals surface area contributed by atoms with E-state index in [0.717, 1.165) is 0 Å². The molecule has 22 heavy (non-hydrogen) atoms. The third kappa shape index (κ3) is 3.08. The lowest BCUT2D eigenvalue weighted by Crippen LogP contribution is -2.14. The molecule has 0 fully saturated rings. The molecule has 114 valence electrons. The van der Waals surface area contributed by atoms with E-state index >= 15 is 0 Å². The Morgan fingerprint density at radius 2 is 1.91 bits per heavy atom. The van der Waals surface area contributed by atoms with Gasteiger partial charge in [0.15, 0.2) is 0 Å². The van der Waals surface area contributed by atoms with E-state index in [1.807, 2.05) is 0 Å². The van der Waals surface area contributed by atoms with Crippen molar-refractivity contribution in [1.82, 2.24) is 9.97 Å². The van der Waals surface area contributed by atoms with E-state index in [-0.39, 0.29) is 22.9 Å². The van der Waals surface area contributed by atoms with Gasteiger partial charge in [-0.15, -0.1) is 0 Å². The minimum Gasteiger partial charge on any atom is -0.478 e. The third-order valence-corrected chi connectivity index (χ3v) is 2.80. The van der Waals surface area contributed by atoms with Gasteiger partial charge >= 0.3 is 11.7 Å². The molecule has 0 unspecified atom stereocenters. The molecule has 2 rings (SSSR count).